The lowest BCUT2D eigenvalue weighted by Gasteiger charge is -2.26. The molecule has 2 N–H and O–H groups in total. The standard InChI is InChI=1S/C20H19N3O2/c1-12-15-11-16(20(25)23-18(15)9-10-21-12)19(24)22-17-8-4-6-13-5-2-3-7-14(13)17/h2-3,5,7,9-11,17H,4,6,8H2,1H3,(H,22,24)(H,23,25). The zero-order valence-corrected chi connectivity index (χ0v) is 14.0. The van der Waals surface area contributed by atoms with Gasteiger partial charge in [0.25, 0.3) is 11.5 Å². The molecule has 0 bridgehead atoms. The number of pyridine rings is 2. The summed E-state index contributed by atoms with van der Waals surface area (Å²) in [6.07, 6.45) is 4.59. The van der Waals surface area contributed by atoms with Crippen LogP contribution < -0.4 is 10.9 Å². The number of fused-ring (bicyclic) bond motifs is 2. The van der Waals surface area contributed by atoms with Crippen molar-refractivity contribution in [3.8, 4) is 0 Å². The third-order valence-electron chi connectivity index (χ3n) is 4.89. The molecule has 5 heteroatoms. The lowest BCUT2D eigenvalue weighted by molar-refractivity contribution is 0.0931. The fourth-order valence-electron chi connectivity index (χ4n) is 3.58. The van der Waals surface area contributed by atoms with Crippen LogP contribution in [-0.2, 0) is 6.42 Å². The van der Waals surface area contributed by atoms with Crippen LogP contribution in [0.2, 0.25) is 0 Å². The molecule has 0 saturated carbocycles. The van der Waals surface area contributed by atoms with Crippen molar-refractivity contribution < 1.29 is 4.79 Å². The number of rotatable bonds is 2. The van der Waals surface area contributed by atoms with Crippen molar-refractivity contribution in [3.05, 3.63) is 75.3 Å². The van der Waals surface area contributed by atoms with Gasteiger partial charge in [-0.3, -0.25) is 14.6 Å². The van der Waals surface area contributed by atoms with Crippen LogP contribution in [-0.4, -0.2) is 15.9 Å². The Labute approximate surface area is 145 Å². The zero-order valence-electron chi connectivity index (χ0n) is 14.0. The molecule has 1 aliphatic rings. The number of H-pyrrole nitrogens is 1. The molecule has 2 heterocycles. The van der Waals surface area contributed by atoms with Crippen LogP contribution in [0.3, 0.4) is 0 Å². The van der Waals surface area contributed by atoms with Crippen LogP contribution in [0, 0.1) is 6.92 Å². The fraction of sp³-hybridized carbons (Fsp3) is 0.250. The number of carbonyl (C=O) groups excluding carboxylic acids is 1. The second kappa shape index (κ2) is 6.16. The molecule has 126 valence electrons. The molecule has 0 spiro atoms. The number of carbonyl (C=O) groups is 1. The summed E-state index contributed by atoms with van der Waals surface area (Å²) in [6, 6.07) is 11.5. The van der Waals surface area contributed by atoms with Gasteiger partial charge in [0, 0.05) is 17.3 Å². The van der Waals surface area contributed by atoms with Gasteiger partial charge in [-0.1, -0.05) is 24.3 Å². The molecule has 4 rings (SSSR count). The third-order valence-corrected chi connectivity index (χ3v) is 4.89. The first-order chi connectivity index (χ1) is 12.1. The number of nitrogens with zero attached hydrogens (tertiary/aromatic N) is 1. The minimum absolute atomic E-state index is 0.0532. The molecule has 1 amide bonds. The number of hydrogen-bond acceptors (Lipinski definition) is 3. The average Bonchev–Trinajstić information content (AvgIpc) is 2.62. The summed E-state index contributed by atoms with van der Waals surface area (Å²) in [5.41, 5.74) is 3.65. The van der Waals surface area contributed by atoms with E-state index < -0.39 is 0 Å². The first kappa shape index (κ1) is 15.6. The first-order valence-corrected chi connectivity index (χ1v) is 8.51. The molecule has 2 aromatic heterocycles. The Balaban J connectivity index is 1.69. The smallest absolute Gasteiger partial charge is 0.261 e. The Morgan fingerprint density at radius 3 is 3.00 bits per heavy atom. The summed E-state index contributed by atoms with van der Waals surface area (Å²) in [4.78, 5) is 32.1. The molecule has 1 atom stereocenters. The van der Waals surface area contributed by atoms with Gasteiger partial charge in [-0.25, -0.2) is 0 Å². The van der Waals surface area contributed by atoms with Crippen molar-refractivity contribution in [2.24, 2.45) is 0 Å². The predicted octanol–water partition coefficient (Wildman–Crippen LogP) is 3.04. The Morgan fingerprint density at radius 1 is 1.28 bits per heavy atom. The molecule has 1 unspecified atom stereocenters. The number of nitrogens with one attached hydrogen (secondary N) is 2. The molecule has 0 fully saturated rings. The third kappa shape index (κ3) is 2.82. The fourth-order valence-corrected chi connectivity index (χ4v) is 3.58. The summed E-state index contributed by atoms with van der Waals surface area (Å²) in [5, 5.41) is 3.83. The van der Waals surface area contributed by atoms with Gasteiger partial charge in [0.15, 0.2) is 0 Å². The van der Waals surface area contributed by atoms with E-state index in [1.807, 2.05) is 19.1 Å². The number of aromatic nitrogens is 2. The Bertz CT molecular complexity index is 1020. The van der Waals surface area contributed by atoms with E-state index in [0.717, 1.165) is 35.9 Å². The van der Waals surface area contributed by atoms with Crippen LogP contribution in [0.4, 0.5) is 0 Å². The summed E-state index contributed by atoms with van der Waals surface area (Å²) in [7, 11) is 0. The molecule has 1 aliphatic carbocycles. The highest BCUT2D eigenvalue weighted by molar-refractivity contribution is 5.97. The van der Waals surface area contributed by atoms with Crippen molar-refractivity contribution >= 4 is 16.8 Å². The zero-order chi connectivity index (χ0) is 17.4. The van der Waals surface area contributed by atoms with Gasteiger partial charge in [-0.15, -0.1) is 0 Å². The average molecular weight is 333 g/mol. The van der Waals surface area contributed by atoms with Gasteiger partial charge in [0.2, 0.25) is 0 Å². The summed E-state index contributed by atoms with van der Waals surface area (Å²) < 4.78 is 0. The van der Waals surface area contributed by atoms with Gasteiger partial charge in [0.1, 0.15) is 5.56 Å². The molecule has 1 aromatic carbocycles. The van der Waals surface area contributed by atoms with Crippen LogP contribution in [0.25, 0.3) is 10.9 Å². The molecular weight excluding hydrogens is 314 g/mol. The van der Waals surface area contributed by atoms with Gasteiger partial charge >= 0.3 is 0 Å². The highest BCUT2D eigenvalue weighted by Gasteiger charge is 2.23. The van der Waals surface area contributed by atoms with Gasteiger partial charge in [-0.2, -0.15) is 0 Å². The highest BCUT2D eigenvalue weighted by Crippen LogP contribution is 2.29. The van der Waals surface area contributed by atoms with E-state index in [-0.39, 0.29) is 23.1 Å². The maximum Gasteiger partial charge on any atom is 0.261 e. The van der Waals surface area contributed by atoms with Crippen LogP contribution in [0.5, 0.6) is 0 Å². The molecule has 5 nitrogen and oxygen atoms in total. The van der Waals surface area contributed by atoms with E-state index in [9.17, 15) is 9.59 Å². The SMILES string of the molecule is Cc1nccc2[nH]c(=O)c(C(=O)NC3CCCc4ccccc43)cc12. The number of aromatic amines is 1. The number of benzene rings is 1. The summed E-state index contributed by atoms with van der Waals surface area (Å²) >= 11 is 0. The minimum atomic E-state index is -0.375. The largest absolute Gasteiger partial charge is 0.345 e. The van der Waals surface area contributed by atoms with Crippen LogP contribution >= 0.6 is 0 Å². The van der Waals surface area contributed by atoms with Gasteiger partial charge in [-0.05, 0) is 49.4 Å². The van der Waals surface area contributed by atoms with Crippen molar-refractivity contribution in [2.45, 2.75) is 32.2 Å². The van der Waals surface area contributed by atoms with Crippen molar-refractivity contribution in [1.29, 1.82) is 0 Å². The lowest BCUT2D eigenvalue weighted by Crippen LogP contribution is -2.34. The number of aryl methyl sites for hydroxylation is 2. The van der Waals surface area contributed by atoms with E-state index in [4.69, 9.17) is 0 Å². The normalized spacial score (nSPS) is 16.4. The van der Waals surface area contributed by atoms with E-state index >= 15 is 0 Å². The van der Waals surface area contributed by atoms with Crippen molar-refractivity contribution in [2.75, 3.05) is 0 Å². The topological polar surface area (TPSA) is 74.8 Å². The number of amides is 1. The Morgan fingerprint density at radius 2 is 2.12 bits per heavy atom. The molecule has 0 saturated heterocycles. The van der Waals surface area contributed by atoms with Crippen LogP contribution in [0.15, 0.2) is 47.4 Å². The number of hydrogen-bond donors (Lipinski definition) is 2. The van der Waals surface area contributed by atoms with E-state index in [0.29, 0.717) is 5.52 Å². The van der Waals surface area contributed by atoms with Crippen LogP contribution in [0.1, 0.15) is 46.1 Å². The molecular formula is C20H19N3O2. The summed E-state index contributed by atoms with van der Waals surface area (Å²) in [6.45, 7) is 1.86. The summed E-state index contributed by atoms with van der Waals surface area (Å²) in [5.74, 6) is -0.340. The molecule has 3 aromatic rings. The maximum atomic E-state index is 12.7. The van der Waals surface area contributed by atoms with E-state index in [1.54, 1.807) is 18.3 Å². The monoisotopic (exact) mass is 333 g/mol. The predicted molar refractivity (Wildman–Crippen MR) is 96.7 cm³/mol. The van der Waals surface area contributed by atoms with Gasteiger partial charge in [0.05, 0.1) is 11.6 Å². The molecule has 0 aliphatic heterocycles. The Hall–Kier alpha value is -2.95. The highest BCUT2D eigenvalue weighted by atomic mass is 16.2. The second-order valence-corrected chi connectivity index (χ2v) is 6.49. The van der Waals surface area contributed by atoms with E-state index in [2.05, 4.69) is 27.4 Å². The van der Waals surface area contributed by atoms with Gasteiger partial charge < -0.3 is 10.3 Å². The van der Waals surface area contributed by atoms with Crippen molar-refractivity contribution in [3.63, 3.8) is 0 Å². The second-order valence-electron chi connectivity index (χ2n) is 6.49. The molecule has 25 heavy (non-hydrogen) atoms. The van der Waals surface area contributed by atoms with E-state index in [1.165, 1.54) is 5.56 Å². The minimum Gasteiger partial charge on any atom is -0.345 e. The first-order valence-electron chi connectivity index (χ1n) is 8.51. The Kier molecular flexibility index (Phi) is 3.84. The lowest BCUT2D eigenvalue weighted by atomic mass is 9.87. The van der Waals surface area contributed by atoms with Crippen molar-refractivity contribution in [1.82, 2.24) is 15.3 Å². The quantitative estimate of drug-likeness (QED) is 0.757. The molecule has 0 radical (unpaired) electrons. The maximum absolute atomic E-state index is 12.7.